The molecule has 19 heavy (non-hydrogen) atoms. The zero-order valence-corrected chi connectivity index (χ0v) is 10.2. The van der Waals surface area contributed by atoms with Crippen LogP contribution < -0.4 is 10.6 Å². The molecule has 2 amide bonds. The molecule has 9 heteroatoms. The number of nitrogens with one attached hydrogen (secondary N) is 2. The lowest BCUT2D eigenvalue weighted by Crippen LogP contribution is -2.46. The molecule has 0 radical (unpaired) electrons. The second kappa shape index (κ2) is 8.57. The number of halogens is 3. The smallest absolute Gasteiger partial charge is 0.389 e. The van der Waals surface area contributed by atoms with Crippen LogP contribution in [0.25, 0.3) is 0 Å². The highest BCUT2D eigenvalue weighted by molar-refractivity contribution is 5.82. The van der Waals surface area contributed by atoms with Crippen molar-refractivity contribution in [1.29, 1.82) is 0 Å². The Hall–Kier alpha value is -1.51. The number of rotatable bonds is 8. The predicted octanol–water partition coefficient (Wildman–Crippen LogP) is 0.854. The van der Waals surface area contributed by atoms with E-state index in [2.05, 4.69) is 10.6 Å². The normalized spacial score (nSPS) is 12.8. The van der Waals surface area contributed by atoms with Gasteiger partial charge in [0.15, 0.2) is 0 Å². The number of amides is 2. The van der Waals surface area contributed by atoms with Gasteiger partial charge < -0.3 is 20.8 Å². The number of carbonyl (C=O) groups is 2. The van der Waals surface area contributed by atoms with Gasteiger partial charge in [0.2, 0.25) is 0 Å². The summed E-state index contributed by atoms with van der Waals surface area (Å²) in [7, 11) is 0. The van der Waals surface area contributed by atoms with Gasteiger partial charge in [0.1, 0.15) is 6.04 Å². The average molecular weight is 286 g/mol. The van der Waals surface area contributed by atoms with Crippen molar-refractivity contribution in [2.75, 3.05) is 13.2 Å². The molecule has 112 valence electrons. The molecule has 0 saturated heterocycles. The topological polar surface area (TPSA) is 98.7 Å². The van der Waals surface area contributed by atoms with Crippen LogP contribution in [-0.2, 0) is 4.79 Å². The SMILES string of the molecule is O=C(NCCCCC(F)(F)F)N[C@@H](CCO)C(=O)O. The largest absolute Gasteiger partial charge is 0.480 e. The van der Waals surface area contributed by atoms with Gasteiger partial charge in [-0.3, -0.25) is 0 Å². The summed E-state index contributed by atoms with van der Waals surface area (Å²) in [4.78, 5) is 21.8. The average Bonchev–Trinajstić information content (AvgIpc) is 2.26. The molecule has 1 atom stereocenters. The van der Waals surface area contributed by atoms with Crippen LogP contribution in [0.15, 0.2) is 0 Å². The summed E-state index contributed by atoms with van der Waals surface area (Å²) in [6.45, 7) is -0.379. The maximum absolute atomic E-state index is 11.8. The zero-order valence-electron chi connectivity index (χ0n) is 10.2. The maximum Gasteiger partial charge on any atom is 0.389 e. The van der Waals surface area contributed by atoms with Crippen LogP contribution in [0.4, 0.5) is 18.0 Å². The van der Waals surface area contributed by atoms with Gasteiger partial charge >= 0.3 is 18.2 Å². The number of unbranched alkanes of at least 4 members (excludes halogenated alkanes) is 1. The van der Waals surface area contributed by atoms with E-state index in [0.29, 0.717) is 0 Å². The van der Waals surface area contributed by atoms with E-state index >= 15 is 0 Å². The first-order chi connectivity index (χ1) is 8.76. The van der Waals surface area contributed by atoms with Crippen molar-refractivity contribution in [3.63, 3.8) is 0 Å². The Morgan fingerprint density at radius 2 is 1.84 bits per heavy atom. The number of alkyl halides is 3. The summed E-state index contributed by atoms with van der Waals surface area (Å²) in [5.74, 6) is -1.29. The van der Waals surface area contributed by atoms with Crippen LogP contribution in [0.3, 0.4) is 0 Å². The second-order valence-electron chi connectivity index (χ2n) is 3.88. The van der Waals surface area contributed by atoms with E-state index in [-0.39, 0.29) is 25.8 Å². The number of carboxylic acid groups (broad SMARTS) is 1. The monoisotopic (exact) mass is 286 g/mol. The first-order valence-electron chi connectivity index (χ1n) is 5.71. The maximum atomic E-state index is 11.8. The summed E-state index contributed by atoms with van der Waals surface area (Å²) in [6.07, 6.45) is -5.24. The third-order valence-corrected chi connectivity index (χ3v) is 2.19. The summed E-state index contributed by atoms with van der Waals surface area (Å²) >= 11 is 0. The number of carboxylic acids is 1. The molecule has 0 aromatic carbocycles. The lowest BCUT2D eigenvalue weighted by molar-refractivity contribution is -0.139. The minimum atomic E-state index is -4.21. The zero-order chi connectivity index (χ0) is 14.9. The molecule has 0 rings (SSSR count). The van der Waals surface area contributed by atoms with Crippen molar-refractivity contribution < 1.29 is 33.0 Å². The molecule has 0 aliphatic heterocycles. The quantitative estimate of drug-likeness (QED) is 0.497. The Morgan fingerprint density at radius 3 is 2.32 bits per heavy atom. The predicted molar refractivity (Wildman–Crippen MR) is 59.6 cm³/mol. The highest BCUT2D eigenvalue weighted by Crippen LogP contribution is 2.21. The Bertz CT molecular complexity index is 297. The first kappa shape index (κ1) is 17.5. The number of aliphatic hydroxyl groups is 1. The standard InChI is InChI=1S/C10H17F3N2O4/c11-10(12,13)4-1-2-5-14-9(19)15-7(3-6-16)8(17)18/h7,16H,1-6H2,(H,17,18)(H2,14,15,19)/t7-/m0/s1. The van der Waals surface area contributed by atoms with Crippen LogP contribution in [0, 0.1) is 0 Å². The van der Waals surface area contributed by atoms with Crippen molar-refractivity contribution in [3.05, 3.63) is 0 Å². The third-order valence-electron chi connectivity index (χ3n) is 2.19. The molecular weight excluding hydrogens is 269 g/mol. The second-order valence-corrected chi connectivity index (χ2v) is 3.88. The fourth-order valence-electron chi connectivity index (χ4n) is 1.25. The summed E-state index contributed by atoms with van der Waals surface area (Å²) in [6, 6.07) is -2.01. The highest BCUT2D eigenvalue weighted by Gasteiger charge is 2.25. The van der Waals surface area contributed by atoms with E-state index in [1.807, 2.05) is 0 Å². The van der Waals surface area contributed by atoms with E-state index in [0.717, 1.165) is 0 Å². The van der Waals surface area contributed by atoms with Crippen molar-refractivity contribution >= 4 is 12.0 Å². The lowest BCUT2D eigenvalue weighted by atomic mass is 10.2. The van der Waals surface area contributed by atoms with Gasteiger partial charge in [-0.05, 0) is 12.8 Å². The molecule has 4 N–H and O–H groups in total. The van der Waals surface area contributed by atoms with Crippen molar-refractivity contribution in [1.82, 2.24) is 10.6 Å². The number of hydrogen-bond donors (Lipinski definition) is 4. The summed E-state index contributed by atoms with van der Waals surface area (Å²) in [5, 5.41) is 21.6. The molecule has 0 bridgehead atoms. The molecule has 0 fully saturated rings. The molecule has 0 heterocycles. The molecule has 0 aliphatic rings. The lowest BCUT2D eigenvalue weighted by Gasteiger charge is -2.14. The summed E-state index contributed by atoms with van der Waals surface area (Å²) < 4.78 is 35.4. The molecule has 0 unspecified atom stereocenters. The van der Waals surface area contributed by atoms with Crippen LogP contribution in [0.1, 0.15) is 25.7 Å². The molecule has 0 aliphatic carbocycles. The van der Waals surface area contributed by atoms with Gasteiger partial charge in [-0.25, -0.2) is 9.59 Å². The fraction of sp³-hybridized carbons (Fsp3) is 0.800. The van der Waals surface area contributed by atoms with Crippen LogP contribution >= 0.6 is 0 Å². The minimum Gasteiger partial charge on any atom is -0.480 e. The highest BCUT2D eigenvalue weighted by atomic mass is 19.4. The Kier molecular flexibility index (Phi) is 7.89. The van der Waals surface area contributed by atoms with Crippen molar-refractivity contribution in [2.45, 2.75) is 37.9 Å². The summed E-state index contributed by atoms with van der Waals surface area (Å²) in [5.41, 5.74) is 0. The van der Waals surface area contributed by atoms with Gasteiger partial charge in [0.05, 0.1) is 0 Å². The Balaban J connectivity index is 3.77. The number of hydrogen-bond acceptors (Lipinski definition) is 3. The van der Waals surface area contributed by atoms with Crippen LogP contribution in [0.2, 0.25) is 0 Å². The van der Waals surface area contributed by atoms with E-state index < -0.39 is 37.2 Å². The Morgan fingerprint density at radius 1 is 1.21 bits per heavy atom. The fourth-order valence-corrected chi connectivity index (χ4v) is 1.25. The van der Waals surface area contributed by atoms with Gasteiger partial charge in [0, 0.05) is 26.0 Å². The number of urea groups is 1. The number of carbonyl (C=O) groups excluding carboxylic acids is 1. The number of aliphatic hydroxyl groups excluding tert-OH is 1. The van der Waals surface area contributed by atoms with Crippen LogP contribution in [0.5, 0.6) is 0 Å². The van der Waals surface area contributed by atoms with E-state index in [1.165, 1.54) is 0 Å². The molecule has 0 saturated carbocycles. The third kappa shape index (κ3) is 10.1. The van der Waals surface area contributed by atoms with E-state index in [4.69, 9.17) is 10.2 Å². The minimum absolute atomic E-state index is 0.0212. The molecular formula is C10H17F3N2O4. The van der Waals surface area contributed by atoms with Crippen molar-refractivity contribution in [2.24, 2.45) is 0 Å². The molecule has 0 aromatic heterocycles. The van der Waals surface area contributed by atoms with Gasteiger partial charge in [-0.2, -0.15) is 13.2 Å². The van der Waals surface area contributed by atoms with Gasteiger partial charge in [0.25, 0.3) is 0 Å². The van der Waals surface area contributed by atoms with E-state index in [1.54, 1.807) is 0 Å². The van der Waals surface area contributed by atoms with Crippen molar-refractivity contribution in [3.8, 4) is 0 Å². The van der Waals surface area contributed by atoms with E-state index in [9.17, 15) is 22.8 Å². The first-order valence-corrected chi connectivity index (χ1v) is 5.71. The molecule has 0 spiro atoms. The molecule has 0 aromatic rings. The molecule has 6 nitrogen and oxygen atoms in total. The number of aliphatic carboxylic acids is 1. The van der Waals surface area contributed by atoms with Crippen LogP contribution in [-0.4, -0.2) is 47.6 Å². The Labute approximate surface area is 108 Å². The van der Waals surface area contributed by atoms with Gasteiger partial charge in [-0.15, -0.1) is 0 Å². The van der Waals surface area contributed by atoms with Gasteiger partial charge in [-0.1, -0.05) is 0 Å².